The van der Waals surface area contributed by atoms with Gasteiger partial charge in [-0.25, -0.2) is 0 Å². The smallest absolute Gasteiger partial charge is 0.255 e. The molecule has 1 saturated heterocycles. The highest BCUT2D eigenvalue weighted by atomic mass is 79.9. The van der Waals surface area contributed by atoms with E-state index in [-0.39, 0.29) is 5.91 Å². The first-order valence-corrected chi connectivity index (χ1v) is 9.51. The number of ether oxygens (including phenoxy) is 1. The van der Waals surface area contributed by atoms with Crippen LogP contribution >= 0.6 is 15.9 Å². The second-order valence-electron chi connectivity index (χ2n) is 6.59. The third-order valence-electron chi connectivity index (χ3n) is 4.92. The Bertz CT molecular complexity index is 785. The van der Waals surface area contributed by atoms with E-state index in [0.29, 0.717) is 0 Å². The van der Waals surface area contributed by atoms with Gasteiger partial charge in [-0.3, -0.25) is 9.69 Å². The standard InChI is InChI=1S/C20H21BrN2O2/c21-18-4-2-1-3-17(18)20(24)23-10-8-22(9-11-23)14-15-5-6-19-16(13-15)7-12-25-19/h1-6,13H,7-12,14H2. The number of benzene rings is 2. The lowest BCUT2D eigenvalue weighted by Crippen LogP contribution is -2.48. The van der Waals surface area contributed by atoms with E-state index in [1.165, 1.54) is 11.1 Å². The molecule has 0 atom stereocenters. The van der Waals surface area contributed by atoms with Crippen LogP contribution < -0.4 is 4.74 Å². The minimum atomic E-state index is 0.113. The summed E-state index contributed by atoms with van der Waals surface area (Å²) in [6.45, 7) is 5.09. The van der Waals surface area contributed by atoms with Crippen molar-refractivity contribution in [3.05, 3.63) is 63.6 Å². The molecule has 1 fully saturated rings. The molecule has 2 heterocycles. The van der Waals surface area contributed by atoms with E-state index in [4.69, 9.17) is 4.74 Å². The van der Waals surface area contributed by atoms with Gasteiger partial charge in [0.2, 0.25) is 0 Å². The Kier molecular flexibility index (Phi) is 4.77. The van der Waals surface area contributed by atoms with Crippen LogP contribution in [0.2, 0.25) is 0 Å². The number of hydrogen-bond acceptors (Lipinski definition) is 3. The molecular formula is C20H21BrN2O2. The predicted octanol–water partition coefficient (Wildman–Crippen LogP) is 3.34. The Labute approximate surface area is 156 Å². The molecule has 0 aromatic heterocycles. The van der Waals surface area contributed by atoms with Gasteiger partial charge in [-0.2, -0.15) is 0 Å². The minimum absolute atomic E-state index is 0.113. The van der Waals surface area contributed by atoms with E-state index in [2.05, 4.69) is 39.0 Å². The van der Waals surface area contributed by atoms with Gasteiger partial charge in [0.05, 0.1) is 12.2 Å². The fourth-order valence-electron chi connectivity index (χ4n) is 3.51. The van der Waals surface area contributed by atoms with Gasteiger partial charge >= 0.3 is 0 Å². The number of fused-ring (bicyclic) bond motifs is 1. The maximum atomic E-state index is 12.7. The van der Waals surface area contributed by atoms with Crippen molar-refractivity contribution >= 4 is 21.8 Å². The van der Waals surface area contributed by atoms with Crippen molar-refractivity contribution < 1.29 is 9.53 Å². The zero-order valence-electron chi connectivity index (χ0n) is 14.1. The van der Waals surface area contributed by atoms with E-state index in [0.717, 1.165) is 61.5 Å². The molecule has 0 radical (unpaired) electrons. The number of hydrogen-bond donors (Lipinski definition) is 0. The van der Waals surface area contributed by atoms with Gasteiger partial charge < -0.3 is 9.64 Å². The monoisotopic (exact) mass is 400 g/mol. The number of nitrogens with zero attached hydrogens (tertiary/aromatic N) is 2. The summed E-state index contributed by atoms with van der Waals surface area (Å²) in [6.07, 6.45) is 1.01. The molecule has 2 aliphatic heterocycles. The lowest BCUT2D eigenvalue weighted by molar-refractivity contribution is 0.0627. The largest absolute Gasteiger partial charge is 0.493 e. The maximum Gasteiger partial charge on any atom is 0.255 e. The summed E-state index contributed by atoms with van der Waals surface area (Å²) in [6, 6.07) is 14.1. The first-order valence-electron chi connectivity index (χ1n) is 8.71. The first-order chi connectivity index (χ1) is 12.2. The lowest BCUT2D eigenvalue weighted by Gasteiger charge is -2.35. The molecule has 130 valence electrons. The van der Waals surface area contributed by atoms with E-state index < -0.39 is 0 Å². The van der Waals surface area contributed by atoms with Crippen LogP contribution in [-0.4, -0.2) is 48.5 Å². The molecular weight excluding hydrogens is 380 g/mol. The SMILES string of the molecule is O=C(c1ccccc1Br)N1CCN(Cc2ccc3c(c2)CCO3)CC1. The van der Waals surface area contributed by atoms with Crippen LogP contribution in [0.4, 0.5) is 0 Å². The fourth-order valence-corrected chi connectivity index (χ4v) is 3.96. The molecule has 0 N–H and O–H groups in total. The number of piperazine rings is 1. The molecule has 25 heavy (non-hydrogen) atoms. The van der Waals surface area contributed by atoms with Crippen molar-refractivity contribution in [1.82, 2.24) is 9.80 Å². The summed E-state index contributed by atoms with van der Waals surface area (Å²) < 4.78 is 6.44. The second kappa shape index (κ2) is 7.18. The molecule has 2 aromatic carbocycles. The quantitative estimate of drug-likeness (QED) is 0.791. The molecule has 0 unspecified atom stereocenters. The topological polar surface area (TPSA) is 32.8 Å². The van der Waals surface area contributed by atoms with Crippen LogP contribution in [0.3, 0.4) is 0 Å². The van der Waals surface area contributed by atoms with Crippen molar-refractivity contribution in [3.8, 4) is 5.75 Å². The highest BCUT2D eigenvalue weighted by Crippen LogP contribution is 2.26. The highest BCUT2D eigenvalue weighted by Gasteiger charge is 2.23. The second-order valence-corrected chi connectivity index (χ2v) is 7.44. The fraction of sp³-hybridized carbons (Fsp3) is 0.350. The van der Waals surface area contributed by atoms with Gasteiger partial charge in [0, 0.05) is 43.6 Å². The van der Waals surface area contributed by atoms with E-state index >= 15 is 0 Å². The summed E-state index contributed by atoms with van der Waals surface area (Å²) in [4.78, 5) is 17.0. The van der Waals surface area contributed by atoms with Gasteiger partial charge in [-0.05, 0) is 45.3 Å². The third-order valence-corrected chi connectivity index (χ3v) is 5.62. The molecule has 0 bridgehead atoms. The van der Waals surface area contributed by atoms with Crippen LogP contribution in [0.15, 0.2) is 46.9 Å². The molecule has 2 aromatic rings. The molecule has 0 saturated carbocycles. The first kappa shape index (κ1) is 16.6. The highest BCUT2D eigenvalue weighted by molar-refractivity contribution is 9.10. The Morgan fingerprint density at radius 1 is 1.08 bits per heavy atom. The molecule has 2 aliphatic rings. The summed E-state index contributed by atoms with van der Waals surface area (Å²) >= 11 is 3.48. The Balaban J connectivity index is 1.35. The molecule has 0 aliphatic carbocycles. The molecule has 4 rings (SSSR count). The Hall–Kier alpha value is -1.85. The average molecular weight is 401 g/mol. The number of carbonyl (C=O) groups excluding carboxylic acids is 1. The van der Waals surface area contributed by atoms with Gasteiger partial charge in [-0.1, -0.05) is 24.3 Å². The van der Waals surface area contributed by atoms with Crippen LogP contribution in [-0.2, 0) is 13.0 Å². The summed E-state index contributed by atoms with van der Waals surface area (Å²) in [7, 11) is 0. The average Bonchev–Trinajstić information content (AvgIpc) is 3.10. The lowest BCUT2D eigenvalue weighted by atomic mass is 10.1. The van der Waals surface area contributed by atoms with Gasteiger partial charge in [0.1, 0.15) is 5.75 Å². The molecule has 5 heteroatoms. The van der Waals surface area contributed by atoms with Gasteiger partial charge in [0.25, 0.3) is 5.91 Å². The van der Waals surface area contributed by atoms with Gasteiger partial charge in [0.15, 0.2) is 0 Å². The van der Waals surface area contributed by atoms with Crippen molar-refractivity contribution in [3.63, 3.8) is 0 Å². The van der Waals surface area contributed by atoms with Crippen molar-refractivity contribution in [2.45, 2.75) is 13.0 Å². The van der Waals surface area contributed by atoms with Crippen LogP contribution in [0.1, 0.15) is 21.5 Å². The third kappa shape index (κ3) is 3.58. The van der Waals surface area contributed by atoms with E-state index in [1.807, 2.05) is 29.2 Å². The van der Waals surface area contributed by atoms with E-state index in [9.17, 15) is 4.79 Å². The zero-order valence-corrected chi connectivity index (χ0v) is 15.7. The minimum Gasteiger partial charge on any atom is -0.493 e. The zero-order chi connectivity index (χ0) is 17.2. The van der Waals surface area contributed by atoms with Crippen LogP contribution in [0.25, 0.3) is 0 Å². The molecule has 0 spiro atoms. The Morgan fingerprint density at radius 2 is 1.88 bits per heavy atom. The van der Waals surface area contributed by atoms with Crippen molar-refractivity contribution in [2.75, 3.05) is 32.8 Å². The summed E-state index contributed by atoms with van der Waals surface area (Å²) in [5.74, 6) is 1.15. The van der Waals surface area contributed by atoms with Crippen LogP contribution in [0.5, 0.6) is 5.75 Å². The maximum absolute atomic E-state index is 12.7. The van der Waals surface area contributed by atoms with Crippen molar-refractivity contribution in [1.29, 1.82) is 0 Å². The number of carbonyl (C=O) groups is 1. The number of rotatable bonds is 3. The summed E-state index contributed by atoms with van der Waals surface area (Å²) in [5, 5.41) is 0. The summed E-state index contributed by atoms with van der Waals surface area (Å²) in [5.41, 5.74) is 3.39. The predicted molar refractivity (Wildman–Crippen MR) is 101 cm³/mol. The molecule has 4 nitrogen and oxygen atoms in total. The van der Waals surface area contributed by atoms with E-state index in [1.54, 1.807) is 0 Å². The number of halogens is 1. The van der Waals surface area contributed by atoms with Gasteiger partial charge in [-0.15, -0.1) is 0 Å². The van der Waals surface area contributed by atoms with Crippen molar-refractivity contribution in [2.24, 2.45) is 0 Å². The van der Waals surface area contributed by atoms with Crippen LogP contribution in [0, 0.1) is 0 Å². The normalized spacial score (nSPS) is 17.2. The number of amides is 1. The molecule has 1 amide bonds. The Morgan fingerprint density at radius 3 is 2.68 bits per heavy atom.